The molecule has 0 bridgehead atoms. The van der Waals surface area contributed by atoms with Gasteiger partial charge in [-0.15, -0.1) is 10.2 Å². The van der Waals surface area contributed by atoms with Crippen LogP contribution >= 0.6 is 11.8 Å². The van der Waals surface area contributed by atoms with Gasteiger partial charge in [-0.2, -0.15) is 0 Å². The van der Waals surface area contributed by atoms with Gasteiger partial charge in [-0.25, -0.2) is 0 Å². The highest BCUT2D eigenvalue weighted by atomic mass is 32.2. The fourth-order valence-electron chi connectivity index (χ4n) is 4.34. The highest BCUT2D eigenvalue weighted by Gasteiger charge is 2.23. The lowest BCUT2D eigenvalue weighted by Gasteiger charge is -2.15. The molecule has 0 aliphatic carbocycles. The van der Waals surface area contributed by atoms with Gasteiger partial charge in [-0.05, 0) is 50.1 Å². The molecular weight excluding hydrogens is 436 g/mol. The lowest BCUT2D eigenvalue weighted by molar-refractivity contribution is 0.0953. The Hall–Kier alpha value is -3.10. The largest absolute Gasteiger partial charge is 0.497 e. The summed E-state index contributed by atoms with van der Waals surface area (Å²) < 4.78 is 13.2. The average Bonchev–Trinajstić information content (AvgIpc) is 3.56. The maximum absolute atomic E-state index is 13.2. The Morgan fingerprint density at radius 1 is 1.21 bits per heavy atom. The van der Waals surface area contributed by atoms with Crippen LogP contribution in [0.2, 0.25) is 0 Å². The number of thioether (sulfide) groups is 1. The molecule has 1 N–H and O–H groups in total. The molecule has 5 rings (SSSR count). The summed E-state index contributed by atoms with van der Waals surface area (Å²) in [6, 6.07) is 15.7. The molecule has 1 fully saturated rings. The highest BCUT2D eigenvalue weighted by molar-refractivity contribution is 7.99. The molecule has 1 aliphatic heterocycles. The Bertz CT molecular complexity index is 1270. The van der Waals surface area contributed by atoms with Crippen LogP contribution in [-0.2, 0) is 11.3 Å². The fraction of sp³-hybridized carbons (Fsp3) is 0.320. The number of Topliss-reactive ketones (excluding diaryl/α,β-unsaturated/α-hetero) is 1. The SMILES string of the molecule is COc1ccc(-c2nnc(SCC(=O)c3c(C)[nH]c4ccccc34)n2CC2CCCO2)cc1. The number of carbonyl (C=O) groups excluding carboxylic acids is 1. The molecule has 0 spiro atoms. The third-order valence-electron chi connectivity index (χ3n) is 5.98. The van der Waals surface area contributed by atoms with Crippen molar-refractivity contribution in [3.63, 3.8) is 0 Å². The van der Waals surface area contributed by atoms with Crippen molar-refractivity contribution in [1.29, 1.82) is 0 Å². The number of hydrogen-bond donors (Lipinski definition) is 1. The van der Waals surface area contributed by atoms with Gasteiger partial charge < -0.3 is 14.5 Å². The molecule has 1 saturated heterocycles. The topological polar surface area (TPSA) is 82.0 Å². The van der Waals surface area contributed by atoms with Crippen molar-refractivity contribution in [3.05, 3.63) is 59.8 Å². The summed E-state index contributed by atoms with van der Waals surface area (Å²) in [7, 11) is 1.65. The Labute approximate surface area is 196 Å². The van der Waals surface area contributed by atoms with E-state index in [9.17, 15) is 4.79 Å². The number of ether oxygens (including phenoxy) is 2. The summed E-state index contributed by atoms with van der Waals surface area (Å²) >= 11 is 1.42. The molecule has 0 radical (unpaired) electrons. The van der Waals surface area contributed by atoms with Crippen molar-refractivity contribution in [2.24, 2.45) is 0 Å². The molecule has 8 heteroatoms. The molecule has 0 saturated carbocycles. The number of aryl methyl sites for hydroxylation is 1. The maximum atomic E-state index is 13.2. The quantitative estimate of drug-likeness (QED) is 0.296. The van der Waals surface area contributed by atoms with E-state index in [4.69, 9.17) is 9.47 Å². The van der Waals surface area contributed by atoms with Gasteiger partial charge in [0.1, 0.15) is 5.75 Å². The molecule has 3 heterocycles. The van der Waals surface area contributed by atoms with Crippen LogP contribution in [0.15, 0.2) is 53.7 Å². The van der Waals surface area contributed by atoms with E-state index in [2.05, 4.69) is 19.7 Å². The van der Waals surface area contributed by atoms with Crippen LogP contribution in [0.3, 0.4) is 0 Å². The molecule has 1 atom stereocenters. The number of nitrogens with one attached hydrogen (secondary N) is 1. The number of hydrogen-bond acceptors (Lipinski definition) is 6. The first-order valence-electron chi connectivity index (χ1n) is 11.1. The van der Waals surface area contributed by atoms with Gasteiger partial charge in [0, 0.05) is 34.3 Å². The van der Waals surface area contributed by atoms with Crippen LogP contribution in [0.5, 0.6) is 5.75 Å². The first kappa shape index (κ1) is 21.7. The van der Waals surface area contributed by atoms with E-state index in [0.717, 1.165) is 63.9 Å². The smallest absolute Gasteiger partial charge is 0.192 e. The van der Waals surface area contributed by atoms with Crippen molar-refractivity contribution in [1.82, 2.24) is 19.7 Å². The minimum Gasteiger partial charge on any atom is -0.497 e. The van der Waals surface area contributed by atoms with Crippen molar-refractivity contribution in [2.75, 3.05) is 19.5 Å². The molecule has 170 valence electrons. The lowest BCUT2D eigenvalue weighted by atomic mass is 10.1. The van der Waals surface area contributed by atoms with Gasteiger partial charge in [-0.1, -0.05) is 30.0 Å². The second-order valence-corrected chi connectivity index (χ2v) is 9.11. The zero-order valence-corrected chi connectivity index (χ0v) is 19.5. The summed E-state index contributed by atoms with van der Waals surface area (Å²) in [4.78, 5) is 16.5. The molecule has 7 nitrogen and oxygen atoms in total. The van der Waals surface area contributed by atoms with Crippen LogP contribution in [-0.4, -0.2) is 51.1 Å². The molecule has 4 aromatic rings. The Morgan fingerprint density at radius 2 is 2.03 bits per heavy atom. The summed E-state index contributed by atoms with van der Waals surface area (Å²) in [6.07, 6.45) is 2.20. The average molecular weight is 463 g/mol. The zero-order valence-electron chi connectivity index (χ0n) is 18.7. The van der Waals surface area contributed by atoms with Gasteiger partial charge in [0.05, 0.1) is 25.5 Å². The van der Waals surface area contributed by atoms with E-state index in [1.165, 1.54) is 11.8 Å². The van der Waals surface area contributed by atoms with E-state index in [-0.39, 0.29) is 17.6 Å². The molecule has 2 aromatic heterocycles. The van der Waals surface area contributed by atoms with Crippen LogP contribution in [0.1, 0.15) is 28.9 Å². The van der Waals surface area contributed by atoms with Gasteiger partial charge >= 0.3 is 0 Å². The molecule has 2 aromatic carbocycles. The minimum atomic E-state index is 0.0765. The third kappa shape index (κ3) is 4.41. The Morgan fingerprint density at radius 3 is 2.79 bits per heavy atom. The van der Waals surface area contributed by atoms with E-state index >= 15 is 0 Å². The second-order valence-electron chi connectivity index (χ2n) is 8.16. The molecule has 33 heavy (non-hydrogen) atoms. The number of H-pyrrole nitrogens is 1. The number of aromatic nitrogens is 4. The molecule has 0 amide bonds. The monoisotopic (exact) mass is 462 g/mol. The molecular formula is C25H26N4O3S. The number of benzene rings is 2. The second kappa shape index (κ2) is 9.41. The van der Waals surface area contributed by atoms with E-state index in [0.29, 0.717) is 6.54 Å². The van der Waals surface area contributed by atoms with Crippen LogP contribution < -0.4 is 4.74 Å². The summed E-state index contributed by atoms with van der Waals surface area (Å²) in [5.41, 5.74) is 3.57. The number of carbonyl (C=O) groups is 1. The van der Waals surface area contributed by atoms with Gasteiger partial charge in [0.2, 0.25) is 0 Å². The first-order chi connectivity index (χ1) is 16.1. The summed E-state index contributed by atoms with van der Waals surface area (Å²) in [5, 5.41) is 10.6. The normalized spacial score (nSPS) is 15.9. The molecule has 1 unspecified atom stereocenters. The van der Waals surface area contributed by atoms with E-state index in [1.807, 2.05) is 55.5 Å². The third-order valence-corrected chi connectivity index (χ3v) is 6.95. The Kier molecular flexibility index (Phi) is 6.20. The number of nitrogens with zero attached hydrogens (tertiary/aromatic N) is 3. The van der Waals surface area contributed by atoms with Crippen molar-refractivity contribution >= 4 is 28.4 Å². The number of aromatic amines is 1. The Balaban J connectivity index is 1.41. The summed E-state index contributed by atoms with van der Waals surface area (Å²) in [5.74, 6) is 1.92. The number of rotatable bonds is 8. The standard InChI is InChI=1S/C25H26N4O3S/c1-16-23(20-7-3-4-8-21(20)26-16)22(30)15-33-25-28-27-24(17-9-11-18(31-2)12-10-17)29(25)14-19-6-5-13-32-19/h3-4,7-12,19,26H,5-6,13-15H2,1-2H3. The molecule has 1 aliphatic rings. The fourth-order valence-corrected chi connectivity index (χ4v) is 5.16. The van der Waals surface area contributed by atoms with Crippen molar-refractivity contribution < 1.29 is 14.3 Å². The van der Waals surface area contributed by atoms with Crippen molar-refractivity contribution in [3.8, 4) is 17.1 Å². The van der Waals surface area contributed by atoms with Crippen molar-refractivity contribution in [2.45, 2.75) is 37.6 Å². The number of ketones is 1. The van der Waals surface area contributed by atoms with Crippen LogP contribution in [0.4, 0.5) is 0 Å². The minimum absolute atomic E-state index is 0.0765. The first-order valence-corrected chi connectivity index (χ1v) is 12.0. The number of fused-ring (bicyclic) bond motifs is 1. The lowest BCUT2D eigenvalue weighted by Crippen LogP contribution is -2.17. The number of methoxy groups -OCH3 is 1. The van der Waals surface area contributed by atoms with Gasteiger partial charge in [0.25, 0.3) is 0 Å². The predicted octanol–water partition coefficient (Wildman–Crippen LogP) is 4.90. The highest BCUT2D eigenvalue weighted by Crippen LogP contribution is 2.29. The number of para-hydroxylation sites is 1. The van der Waals surface area contributed by atoms with Gasteiger partial charge in [0.15, 0.2) is 16.8 Å². The summed E-state index contributed by atoms with van der Waals surface area (Å²) in [6.45, 7) is 3.39. The predicted molar refractivity (Wildman–Crippen MR) is 129 cm³/mol. The van der Waals surface area contributed by atoms with E-state index < -0.39 is 0 Å². The zero-order chi connectivity index (χ0) is 22.8. The van der Waals surface area contributed by atoms with Gasteiger partial charge in [-0.3, -0.25) is 9.36 Å². The maximum Gasteiger partial charge on any atom is 0.192 e. The van der Waals surface area contributed by atoms with Crippen LogP contribution in [0, 0.1) is 6.92 Å². The van der Waals surface area contributed by atoms with E-state index in [1.54, 1.807) is 7.11 Å². The van der Waals surface area contributed by atoms with Crippen LogP contribution in [0.25, 0.3) is 22.3 Å².